The molecule has 0 saturated carbocycles. The van der Waals surface area contributed by atoms with E-state index >= 15 is 0 Å². The maximum atomic E-state index is 6.00. The first-order valence-corrected chi connectivity index (χ1v) is 6.71. The van der Waals surface area contributed by atoms with Gasteiger partial charge < -0.3 is 5.73 Å². The highest BCUT2D eigenvalue weighted by Gasteiger charge is 2.06. The van der Waals surface area contributed by atoms with E-state index in [0.717, 1.165) is 24.8 Å². The highest BCUT2D eigenvalue weighted by Crippen LogP contribution is 2.22. The van der Waals surface area contributed by atoms with Gasteiger partial charge in [-0.3, -0.25) is 0 Å². The second-order valence-electron chi connectivity index (χ2n) is 4.16. The Labute approximate surface area is 101 Å². The van der Waals surface area contributed by atoms with Crippen LogP contribution in [0.4, 0.5) is 0 Å². The summed E-state index contributed by atoms with van der Waals surface area (Å²) in [7, 11) is 0. The van der Waals surface area contributed by atoms with Gasteiger partial charge in [-0.1, -0.05) is 25.5 Å². The number of hydrogen-bond acceptors (Lipinski definition) is 3. The molecule has 16 heavy (non-hydrogen) atoms. The van der Waals surface area contributed by atoms with Crippen LogP contribution in [-0.4, -0.2) is 11.0 Å². The van der Waals surface area contributed by atoms with Crippen LogP contribution in [0.15, 0.2) is 24.3 Å². The smallest absolute Gasteiger partial charge is 0.0939 e. The van der Waals surface area contributed by atoms with E-state index in [4.69, 9.17) is 5.73 Å². The van der Waals surface area contributed by atoms with Crippen LogP contribution in [0.1, 0.15) is 31.2 Å². The number of aryl methyl sites for hydroxylation is 1. The van der Waals surface area contributed by atoms with Crippen molar-refractivity contribution in [1.29, 1.82) is 0 Å². The molecule has 1 unspecified atom stereocenters. The molecular formula is C13H18N2S. The fourth-order valence-corrected chi connectivity index (χ4v) is 2.83. The molecule has 1 aromatic carbocycles. The van der Waals surface area contributed by atoms with Gasteiger partial charge in [0.15, 0.2) is 0 Å². The average Bonchev–Trinajstić information content (AvgIpc) is 2.69. The summed E-state index contributed by atoms with van der Waals surface area (Å²) in [5.74, 6) is 0. The molecule has 0 fully saturated rings. The predicted octanol–water partition coefficient (Wildman–Crippen LogP) is 3.36. The second-order valence-corrected chi connectivity index (χ2v) is 5.28. The average molecular weight is 234 g/mol. The van der Waals surface area contributed by atoms with E-state index in [0.29, 0.717) is 6.04 Å². The van der Waals surface area contributed by atoms with E-state index in [9.17, 15) is 0 Å². The number of hydrogen-bond donors (Lipinski definition) is 1. The van der Waals surface area contributed by atoms with Gasteiger partial charge in [0.05, 0.1) is 15.2 Å². The molecule has 86 valence electrons. The fraction of sp³-hybridized carbons (Fsp3) is 0.462. The van der Waals surface area contributed by atoms with Gasteiger partial charge >= 0.3 is 0 Å². The van der Waals surface area contributed by atoms with E-state index in [1.807, 2.05) is 6.07 Å². The Bertz CT molecular complexity index is 417. The van der Waals surface area contributed by atoms with Gasteiger partial charge in [0.1, 0.15) is 0 Å². The molecule has 2 aromatic rings. The van der Waals surface area contributed by atoms with E-state index < -0.39 is 0 Å². The summed E-state index contributed by atoms with van der Waals surface area (Å²) in [5, 5.41) is 1.22. The number of rotatable bonds is 5. The SMILES string of the molecule is CCCC(N)CCc1nc2ccccc2s1. The molecule has 0 spiro atoms. The molecule has 1 heterocycles. The number of nitrogens with zero attached hydrogens (tertiary/aromatic N) is 1. The number of thiazole rings is 1. The number of nitrogens with two attached hydrogens (primary N) is 1. The van der Waals surface area contributed by atoms with Gasteiger partial charge in [-0.25, -0.2) is 4.98 Å². The third-order valence-corrected chi connectivity index (χ3v) is 3.82. The molecule has 0 aliphatic rings. The molecule has 3 heteroatoms. The van der Waals surface area contributed by atoms with Crippen molar-refractivity contribution in [2.24, 2.45) is 5.73 Å². The lowest BCUT2D eigenvalue weighted by Crippen LogP contribution is -2.19. The highest BCUT2D eigenvalue weighted by atomic mass is 32.1. The monoisotopic (exact) mass is 234 g/mol. The topological polar surface area (TPSA) is 38.9 Å². The largest absolute Gasteiger partial charge is 0.328 e. The normalized spacial score (nSPS) is 13.1. The first-order chi connectivity index (χ1) is 7.79. The zero-order valence-corrected chi connectivity index (χ0v) is 10.5. The quantitative estimate of drug-likeness (QED) is 0.861. The summed E-state index contributed by atoms with van der Waals surface area (Å²) in [6, 6.07) is 8.63. The molecule has 1 atom stereocenters. The van der Waals surface area contributed by atoms with E-state index in [-0.39, 0.29) is 0 Å². The molecule has 0 aliphatic carbocycles. The minimum atomic E-state index is 0.331. The van der Waals surface area contributed by atoms with Crippen LogP contribution < -0.4 is 5.73 Å². The van der Waals surface area contributed by atoms with Crippen molar-refractivity contribution in [3.63, 3.8) is 0 Å². The van der Waals surface area contributed by atoms with Crippen LogP contribution in [0.2, 0.25) is 0 Å². The summed E-state index contributed by atoms with van der Waals surface area (Å²) >= 11 is 1.79. The van der Waals surface area contributed by atoms with E-state index in [2.05, 4.69) is 30.1 Å². The molecule has 0 saturated heterocycles. The summed E-state index contributed by atoms with van der Waals surface area (Å²) in [6.45, 7) is 2.18. The van der Waals surface area contributed by atoms with Crippen molar-refractivity contribution in [2.75, 3.05) is 0 Å². The predicted molar refractivity (Wildman–Crippen MR) is 70.8 cm³/mol. The molecule has 0 bridgehead atoms. The van der Waals surface area contributed by atoms with Crippen molar-refractivity contribution < 1.29 is 0 Å². The molecule has 2 N–H and O–H groups in total. The third-order valence-electron chi connectivity index (χ3n) is 2.73. The Balaban J connectivity index is 1.99. The maximum absolute atomic E-state index is 6.00. The number of aromatic nitrogens is 1. The Hall–Kier alpha value is -0.930. The van der Waals surface area contributed by atoms with Gasteiger partial charge in [0.2, 0.25) is 0 Å². The minimum absolute atomic E-state index is 0.331. The molecule has 2 nitrogen and oxygen atoms in total. The van der Waals surface area contributed by atoms with Crippen LogP contribution in [0.3, 0.4) is 0 Å². The van der Waals surface area contributed by atoms with Crippen molar-refractivity contribution in [3.8, 4) is 0 Å². The van der Waals surface area contributed by atoms with Crippen LogP contribution in [0.25, 0.3) is 10.2 Å². The summed E-state index contributed by atoms with van der Waals surface area (Å²) in [4.78, 5) is 4.61. The molecule has 2 rings (SSSR count). The van der Waals surface area contributed by atoms with Crippen molar-refractivity contribution in [1.82, 2.24) is 4.98 Å². The Morgan fingerprint density at radius 2 is 2.12 bits per heavy atom. The minimum Gasteiger partial charge on any atom is -0.328 e. The molecular weight excluding hydrogens is 216 g/mol. The molecule has 0 radical (unpaired) electrons. The number of para-hydroxylation sites is 1. The zero-order valence-electron chi connectivity index (χ0n) is 9.65. The molecule has 1 aromatic heterocycles. The summed E-state index contributed by atoms with van der Waals surface area (Å²) < 4.78 is 1.28. The van der Waals surface area contributed by atoms with Crippen LogP contribution in [0.5, 0.6) is 0 Å². The first kappa shape index (κ1) is 11.6. The van der Waals surface area contributed by atoms with Crippen LogP contribution in [-0.2, 0) is 6.42 Å². The lowest BCUT2D eigenvalue weighted by molar-refractivity contribution is 0.560. The van der Waals surface area contributed by atoms with Crippen molar-refractivity contribution >= 4 is 21.6 Å². The van der Waals surface area contributed by atoms with Gasteiger partial charge in [0.25, 0.3) is 0 Å². The standard InChI is InChI=1S/C13H18N2S/c1-2-5-10(14)8-9-13-15-11-6-3-4-7-12(11)16-13/h3-4,6-7,10H,2,5,8-9,14H2,1H3. The van der Waals surface area contributed by atoms with Gasteiger partial charge in [-0.05, 0) is 25.0 Å². The Morgan fingerprint density at radius 1 is 1.31 bits per heavy atom. The first-order valence-electron chi connectivity index (χ1n) is 5.89. The molecule has 0 amide bonds. The van der Waals surface area contributed by atoms with Gasteiger partial charge in [-0.15, -0.1) is 11.3 Å². The lowest BCUT2D eigenvalue weighted by Gasteiger charge is -2.07. The van der Waals surface area contributed by atoms with Crippen LogP contribution in [0, 0.1) is 0 Å². The molecule has 0 aliphatic heterocycles. The zero-order chi connectivity index (χ0) is 11.4. The summed E-state index contributed by atoms with van der Waals surface area (Å²) in [6.07, 6.45) is 4.35. The Kier molecular flexibility index (Phi) is 3.91. The van der Waals surface area contributed by atoms with Gasteiger partial charge in [-0.2, -0.15) is 0 Å². The summed E-state index contributed by atoms with van der Waals surface area (Å²) in [5.41, 5.74) is 7.12. The lowest BCUT2D eigenvalue weighted by atomic mass is 10.1. The second kappa shape index (κ2) is 5.41. The van der Waals surface area contributed by atoms with Crippen molar-refractivity contribution in [3.05, 3.63) is 29.3 Å². The number of fused-ring (bicyclic) bond motifs is 1. The van der Waals surface area contributed by atoms with Crippen molar-refractivity contribution in [2.45, 2.75) is 38.6 Å². The van der Waals surface area contributed by atoms with Crippen LogP contribution >= 0.6 is 11.3 Å². The number of benzene rings is 1. The van der Waals surface area contributed by atoms with E-state index in [1.54, 1.807) is 11.3 Å². The fourth-order valence-electron chi connectivity index (χ4n) is 1.85. The maximum Gasteiger partial charge on any atom is 0.0939 e. The van der Waals surface area contributed by atoms with E-state index in [1.165, 1.54) is 16.1 Å². The Morgan fingerprint density at radius 3 is 2.88 bits per heavy atom. The van der Waals surface area contributed by atoms with Gasteiger partial charge in [0, 0.05) is 12.5 Å². The highest BCUT2D eigenvalue weighted by molar-refractivity contribution is 7.18. The third kappa shape index (κ3) is 2.80.